The molecular weight excluding hydrogens is 394 g/mol. The molecule has 2 fully saturated rings. The zero-order valence-corrected chi connectivity index (χ0v) is 17.7. The van der Waals surface area contributed by atoms with Gasteiger partial charge in [0.25, 0.3) is 11.5 Å². The number of aromatic nitrogens is 3. The van der Waals surface area contributed by atoms with E-state index in [1.807, 2.05) is 31.2 Å². The Kier molecular flexibility index (Phi) is 4.94. The zero-order chi connectivity index (χ0) is 21.5. The quantitative estimate of drug-likeness (QED) is 0.696. The van der Waals surface area contributed by atoms with Gasteiger partial charge in [-0.15, -0.1) is 5.10 Å². The van der Waals surface area contributed by atoms with Crippen molar-refractivity contribution in [2.24, 2.45) is 7.05 Å². The highest BCUT2D eigenvalue weighted by Gasteiger charge is 2.24. The molecule has 3 heterocycles. The maximum absolute atomic E-state index is 13.4. The van der Waals surface area contributed by atoms with Crippen LogP contribution in [0.2, 0.25) is 0 Å². The van der Waals surface area contributed by atoms with Crippen molar-refractivity contribution in [2.75, 3.05) is 31.2 Å². The van der Waals surface area contributed by atoms with Crippen LogP contribution in [0.3, 0.4) is 0 Å². The van der Waals surface area contributed by atoms with Gasteiger partial charge in [-0.1, -0.05) is 6.07 Å². The van der Waals surface area contributed by atoms with Gasteiger partial charge in [-0.25, -0.2) is 0 Å². The lowest BCUT2D eigenvalue weighted by molar-refractivity contribution is 0.0951. The van der Waals surface area contributed by atoms with Gasteiger partial charge in [0, 0.05) is 42.7 Å². The number of anilines is 1. The van der Waals surface area contributed by atoms with Crippen molar-refractivity contribution >= 4 is 22.6 Å². The number of carbonyl (C=O) groups is 1. The van der Waals surface area contributed by atoms with Gasteiger partial charge in [-0.3, -0.25) is 9.59 Å². The molecule has 1 aliphatic heterocycles. The van der Waals surface area contributed by atoms with E-state index in [0.717, 1.165) is 34.9 Å². The van der Waals surface area contributed by atoms with Crippen molar-refractivity contribution in [3.05, 3.63) is 51.9 Å². The topological polar surface area (TPSA) is 89.3 Å². The van der Waals surface area contributed by atoms with Crippen LogP contribution in [0.15, 0.2) is 35.3 Å². The number of pyridine rings is 1. The summed E-state index contributed by atoms with van der Waals surface area (Å²) in [4.78, 5) is 28.1. The minimum absolute atomic E-state index is 0.0955. The molecule has 1 aliphatic carbocycles. The van der Waals surface area contributed by atoms with Gasteiger partial charge in [-0.2, -0.15) is 5.10 Å². The van der Waals surface area contributed by atoms with Crippen LogP contribution in [0.1, 0.15) is 28.8 Å². The molecule has 31 heavy (non-hydrogen) atoms. The molecule has 1 saturated heterocycles. The molecule has 3 aromatic rings. The summed E-state index contributed by atoms with van der Waals surface area (Å²) >= 11 is 0. The molecular formula is C23H25N5O3. The predicted octanol–water partition coefficient (Wildman–Crippen LogP) is 2.03. The monoisotopic (exact) mass is 419 g/mol. The molecule has 8 heteroatoms. The molecule has 1 aromatic carbocycles. The maximum Gasteiger partial charge on any atom is 0.258 e. The normalized spacial score (nSPS) is 16.5. The first-order valence-corrected chi connectivity index (χ1v) is 10.6. The Morgan fingerprint density at radius 2 is 1.94 bits per heavy atom. The van der Waals surface area contributed by atoms with Crippen LogP contribution < -0.4 is 15.8 Å². The molecule has 5 rings (SSSR count). The third-order valence-corrected chi connectivity index (χ3v) is 6.02. The van der Waals surface area contributed by atoms with Gasteiger partial charge in [0.15, 0.2) is 5.82 Å². The van der Waals surface area contributed by atoms with Gasteiger partial charge < -0.3 is 19.5 Å². The number of benzene rings is 1. The third-order valence-electron chi connectivity index (χ3n) is 6.02. The molecule has 0 unspecified atom stereocenters. The highest BCUT2D eigenvalue weighted by Crippen LogP contribution is 2.29. The molecule has 0 spiro atoms. The number of amides is 1. The predicted molar refractivity (Wildman–Crippen MR) is 118 cm³/mol. The number of nitrogens with one attached hydrogen (secondary N) is 1. The van der Waals surface area contributed by atoms with Gasteiger partial charge in [-0.05, 0) is 49.1 Å². The summed E-state index contributed by atoms with van der Waals surface area (Å²) in [6.45, 7) is 4.62. The summed E-state index contributed by atoms with van der Waals surface area (Å²) in [6, 6.07) is 7.66. The van der Waals surface area contributed by atoms with Crippen molar-refractivity contribution in [1.29, 1.82) is 0 Å². The van der Waals surface area contributed by atoms with E-state index in [0.29, 0.717) is 43.2 Å². The number of aryl methyl sites for hydroxylation is 2. The van der Waals surface area contributed by atoms with Crippen molar-refractivity contribution in [3.63, 3.8) is 0 Å². The fraction of sp³-hybridized carbons (Fsp3) is 0.391. The van der Waals surface area contributed by atoms with E-state index in [2.05, 4.69) is 20.4 Å². The smallest absolute Gasteiger partial charge is 0.258 e. The standard InChI is InChI=1S/C23H25N5O3/c1-14-3-4-15(22(29)25-17-5-6-17)11-18(14)19-12-16-13-24-26-21(20(16)27(2)23(19)30)28-7-9-31-10-8-28/h3-4,11-13,17H,5-10H2,1-2H3,(H,25,29). The van der Waals surface area contributed by atoms with Crippen molar-refractivity contribution < 1.29 is 9.53 Å². The average molecular weight is 419 g/mol. The number of nitrogens with zero attached hydrogens (tertiary/aromatic N) is 4. The van der Waals surface area contributed by atoms with E-state index in [1.165, 1.54) is 0 Å². The summed E-state index contributed by atoms with van der Waals surface area (Å²) in [7, 11) is 1.76. The van der Waals surface area contributed by atoms with Crippen LogP contribution in [-0.4, -0.2) is 53.0 Å². The second-order valence-corrected chi connectivity index (χ2v) is 8.27. The van der Waals surface area contributed by atoms with Crippen molar-refractivity contribution in [3.8, 4) is 11.1 Å². The summed E-state index contributed by atoms with van der Waals surface area (Å²) in [5.74, 6) is 0.600. The lowest BCUT2D eigenvalue weighted by Gasteiger charge is -2.28. The SMILES string of the molecule is Cc1ccc(C(=O)NC2CC2)cc1-c1cc2cnnc(N3CCOCC3)c2n(C)c1=O. The Morgan fingerprint density at radius 3 is 2.68 bits per heavy atom. The first kappa shape index (κ1) is 19.7. The Balaban J connectivity index is 1.62. The van der Waals surface area contributed by atoms with E-state index < -0.39 is 0 Å². The minimum Gasteiger partial charge on any atom is -0.378 e. The van der Waals surface area contributed by atoms with Gasteiger partial charge in [0.2, 0.25) is 0 Å². The fourth-order valence-corrected chi connectivity index (χ4v) is 4.06. The second-order valence-electron chi connectivity index (χ2n) is 8.27. The molecule has 0 atom stereocenters. The largest absolute Gasteiger partial charge is 0.378 e. The van der Waals surface area contributed by atoms with E-state index in [-0.39, 0.29) is 17.5 Å². The van der Waals surface area contributed by atoms with Crippen LogP contribution in [0.25, 0.3) is 22.0 Å². The van der Waals surface area contributed by atoms with E-state index >= 15 is 0 Å². The molecule has 0 bridgehead atoms. The third kappa shape index (κ3) is 3.67. The summed E-state index contributed by atoms with van der Waals surface area (Å²) in [6.07, 6.45) is 3.74. The molecule has 1 N–H and O–H groups in total. The second kappa shape index (κ2) is 7.77. The maximum atomic E-state index is 13.4. The van der Waals surface area contributed by atoms with Crippen LogP contribution in [0.4, 0.5) is 5.82 Å². The van der Waals surface area contributed by atoms with Gasteiger partial charge in [0.05, 0.1) is 24.9 Å². The molecule has 2 aromatic heterocycles. The van der Waals surface area contributed by atoms with Crippen molar-refractivity contribution in [1.82, 2.24) is 20.1 Å². The van der Waals surface area contributed by atoms with Gasteiger partial charge in [0.1, 0.15) is 0 Å². The number of hydrogen-bond acceptors (Lipinski definition) is 6. The zero-order valence-electron chi connectivity index (χ0n) is 17.7. The van der Waals surface area contributed by atoms with Crippen LogP contribution in [-0.2, 0) is 11.8 Å². The molecule has 0 radical (unpaired) electrons. The number of ether oxygens (including phenoxy) is 1. The first-order chi connectivity index (χ1) is 15.0. The van der Waals surface area contributed by atoms with Gasteiger partial charge >= 0.3 is 0 Å². The lowest BCUT2D eigenvalue weighted by Crippen LogP contribution is -2.37. The van der Waals surface area contributed by atoms with Crippen LogP contribution in [0.5, 0.6) is 0 Å². The Morgan fingerprint density at radius 1 is 1.16 bits per heavy atom. The summed E-state index contributed by atoms with van der Waals surface area (Å²) in [5.41, 5.74) is 3.44. The van der Waals surface area contributed by atoms with Crippen LogP contribution in [0, 0.1) is 6.92 Å². The van der Waals surface area contributed by atoms with Crippen LogP contribution >= 0.6 is 0 Å². The Bertz CT molecular complexity index is 1230. The van der Waals surface area contributed by atoms with Crippen molar-refractivity contribution in [2.45, 2.75) is 25.8 Å². The summed E-state index contributed by atoms with van der Waals surface area (Å²) < 4.78 is 7.08. The van der Waals surface area contributed by atoms with E-state index in [1.54, 1.807) is 17.8 Å². The fourth-order valence-electron chi connectivity index (χ4n) is 4.06. The Hall–Kier alpha value is -3.26. The highest BCUT2D eigenvalue weighted by molar-refractivity contribution is 5.97. The van der Waals surface area contributed by atoms with E-state index in [4.69, 9.17) is 4.74 Å². The summed E-state index contributed by atoms with van der Waals surface area (Å²) in [5, 5.41) is 12.4. The minimum atomic E-state index is -0.127. The number of fused-ring (bicyclic) bond motifs is 1. The Labute approximate surface area is 179 Å². The molecule has 8 nitrogen and oxygen atoms in total. The number of morpholine rings is 1. The first-order valence-electron chi connectivity index (χ1n) is 10.6. The number of carbonyl (C=O) groups excluding carboxylic acids is 1. The highest BCUT2D eigenvalue weighted by atomic mass is 16.5. The average Bonchev–Trinajstić information content (AvgIpc) is 3.61. The molecule has 1 saturated carbocycles. The molecule has 160 valence electrons. The van der Waals surface area contributed by atoms with E-state index in [9.17, 15) is 9.59 Å². The lowest BCUT2D eigenvalue weighted by atomic mass is 9.97. The number of rotatable bonds is 4. The molecule has 1 amide bonds. The number of hydrogen-bond donors (Lipinski definition) is 1. The molecule has 2 aliphatic rings.